The second-order valence-electron chi connectivity index (χ2n) is 7.79. The van der Waals surface area contributed by atoms with Gasteiger partial charge in [-0.15, -0.1) is 0 Å². The summed E-state index contributed by atoms with van der Waals surface area (Å²) in [6, 6.07) is 8.70. The molecule has 1 heteroatoms. The van der Waals surface area contributed by atoms with Crippen LogP contribution in [0.4, 0.5) is 0 Å². The van der Waals surface area contributed by atoms with Crippen molar-refractivity contribution in [3.8, 4) is 5.75 Å². The highest BCUT2D eigenvalue weighted by atomic mass is 16.5. The summed E-state index contributed by atoms with van der Waals surface area (Å²) < 4.78 is 5.88. The van der Waals surface area contributed by atoms with Gasteiger partial charge in [0.05, 0.1) is 6.61 Å². The van der Waals surface area contributed by atoms with E-state index in [1.807, 2.05) is 0 Å². The first-order chi connectivity index (χ1) is 11.6. The summed E-state index contributed by atoms with van der Waals surface area (Å²) in [5, 5.41) is 0. The molecule has 138 valence electrons. The molecule has 0 atom stereocenters. The Morgan fingerprint density at radius 2 is 1.21 bits per heavy atom. The quantitative estimate of drug-likeness (QED) is 0.317. The SMILES string of the molecule is CCCCCCCCCCCCOc1ccc(C(C)(C)CC)cc1. The van der Waals surface area contributed by atoms with Crippen molar-refractivity contribution in [2.45, 2.75) is 104 Å². The Morgan fingerprint density at radius 1 is 0.708 bits per heavy atom. The third-order valence-electron chi connectivity index (χ3n) is 5.29. The highest BCUT2D eigenvalue weighted by Crippen LogP contribution is 2.28. The van der Waals surface area contributed by atoms with Gasteiger partial charge >= 0.3 is 0 Å². The maximum absolute atomic E-state index is 5.88. The number of ether oxygens (including phenoxy) is 1. The molecule has 0 N–H and O–H groups in total. The monoisotopic (exact) mass is 332 g/mol. The average molecular weight is 333 g/mol. The van der Waals surface area contributed by atoms with Crippen molar-refractivity contribution in [3.05, 3.63) is 29.8 Å². The molecule has 0 aliphatic rings. The zero-order chi connectivity index (χ0) is 17.7. The van der Waals surface area contributed by atoms with Crippen LogP contribution >= 0.6 is 0 Å². The van der Waals surface area contributed by atoms with Gasteiger partial charge in [0.15, 0.2) is 0 Å². The molecule has 0 fully saturated rings. The minimum atomic E-state index is 0.259. The Kier molecular flexibility index (Phi) is 10.9. The molecule has 0 spiro atoms. The largest absolute Gasteiger partial charge is 0.494 e. The second kappa shape index (κ2) is 12.4. The van der Waals surface area contributed by atoms with E-state index in [0.717, 1.165) is 18.8 Å². The molecule has 1 nitrogen and oxygen atoms in total. The Labute approximate surface area is 151 Å². The number of rotatable bonds is 14. The normalized spacial score (nSPS) is 11.7. The highest BCUT2D eigenvalue weighted by Gasteiger charge is 2.17. The van der Waals surface area contributed by atoms with Gasteiger partial charge in [0.25, 0.3) is 0 Å². The van der Waals surface area contributed by atoms with Gasteiger partial charge in [-0.3, -0.25) is 0 Å². The van der Waals surface area contributed by atoms with Crippen LogP contribution in [0.2, 0.25) is 0 Å². The third kappa shape index (κ3) is 8.76. The van der Waals surface area contributed by atoms with E-state index in [9.17, 15) is 0 Å². The second-order valence-corrected chi connectivity index (χ2v) is 7.79. The van der Waals surface area contributed by atoms with Crippen LogP contribution in [0.5, 0.6) is 5.75 Å². The van der Waals surface area contributed by atoms with E-state index in [4.69, 9.17) is 4.74 Å². The van der Waals surface area contributed by atoms with Gasteiger partial charge < -0.3 is 4.74 Å². The molecule has 0 radical (unpaired) electrons. The van der Waals surface area contributed by atoms with Crippen LogP contribution in [-0.2, 0) is 5.41 Å². The zero-order valence-corrected chi connectivity index (χ0v) is 16.7. The van der Waals surface area contributed by atoms with Crippen LogP contribution < -0.4 is 4.74 Å². The van der Waals surface area contributed by atoms with E-state index in [-0.39, 0.29) is 5.41 Å². The lowest BCUT2D eigenvalue weighted by molar-refractivity contribution is 0.304. The number of hydrogen-bond acceptors (Lipinski definition) is 1. The standard InChI is InChI=1S/C23H40O/c1-5-7-8-9-10-11-12-13-14-15-20-24-22-18-16-21(17-19-22)23(3,4)6-2/h16-19H,5-15,20H2,1-4H3. The maximum Gasteiger partial charge on any atom is 0.119 e. The molecule has 0 aliphatic carbocycles. The number of benzene rings is 1. The summed E-state index contributed by atoms with van der Waals surface area (Å²) in [7, 11) is 0. The van der Waals surface area contributed by atoms with Crippen molar-refractivity contribution in [3.63, 3.8) is 0 Å². The molecule has 0 unspecified atom stereocenters. The molecule has 0 saturated heterocycles. The van der Waals surface area contributed by atoms with Crippen molar-refractivity contribution in [2.24, 2.45) is 0 Å². The molecular formula is C23H40O. The summed E-state index contributed by atoms with van der Waals surface area (Å²) in [6.45, 7) is 9.98. The zero-order valence-electron chi connectivity index (χ0n) is 16.7. The molecule has 1 aromatic rings. The van der Waals surface area contributed by atoms with E-state index < -0.39 is 0 Å². The van der Waals surface area contributed by atoms with E-state index >= 15 is 0 Å². The topological polar surface area (TPSA) is 9.23 Å². The van der Waals surface area contributed by atoms with Crippen molar-refractivity contribution < 1.29 is 4.74 Å². The molecule has 0 aliphatic heterocycles. The van der Waals surface area contributed by atoms with Gasteiger partial charge in [-0.05, 0) is 36.0 Å². The Morgan fingerprint density at radius 3 is 1.71 bits per heavy atom. The molecule has 0 heterocycles. The van der Waals surface area contributed by atoms with E-state index in [0.29, 0.717) is 0 Å². The van der Waals surface area contributed by atoms with Gasteiger partial charge in [-0.1, -0.05) is 97.6 Å². The first kappa shape index (κ1) is 21.1. The van der Waals surface area contributed by atoms with Crippen molar-refractivity contribution in [2.75, 3.05) is 6.61 Å². The van der Waals surface area contributed by atoms with E-state index in [1.165, 1.54) is 69.8 Å². The molecular weight excluding hydrogens is 292 g/mol. The van der Waals surface area contributed by atoms with Crippen LogP contribution in [-0.4, -0.2) is 6.61 Å². The van der Waals surface area contributed by atoms with E-state index in [2.05, 4.69) is 52.0 Å². The summed E-state index contributed by atoms with van der Waals surface area (Å²) in [6.07, 6.45) is 14.9. The van der Waals surface area contributed by atoms with Gasteiger partial charge in [-0.2, -0.15) is 0 Å². The van der Waals surface area contributed by atoms with Crippen LogP contribution in [0, 0.1) is 0 Å². The summed E-state index contributed by atoms with van der Waals surface area (Å²) in [5.74, 6) is 1.02. The lowest BCUT2D eigenvalue weighted by Gasteiger charge is -2.23. The predicted molar refractivity (Wildman–Crippen MR) is 107 cm³/mol. The fourth-order valence-electron chi connectivity index (χ4n) is 2.99. The van der Waals surface area contributed by atoms with Crippen LogP contribution in [0.15, 0.2) is 24.3 Å². The maximum atomic E-state index is 5.88. The molecule has 1 rings (SSSR count). The van der Waals surface area contributed by atoms with Gasteiger partial charge in [0.1, 0.15) is 5.75 Å². The van der Waals surface area contributed by atoms with Crippen LogP contribution in [0.1, 0.15) is 104 Å². The fraction of sp³-hybridized carbons (Fsp3) is 0.739. The van der Waals surface area contributed by atoms with Gasteiger partial charge in [0, 0.05) is 0 Å². The average Bonchev–Trinajstić information content (AvgIpc) is 2.60. The van der Waals surface area contributed by atoms with Gasteiger partial charge in [0.2, 0.25) is 0 Å². The minimum Gasteiger partial charge on any atom is -0.494 e. The first-order valence-electron chi connectivity index (χ1n) is 10.3. The molecule has 0 saturated carbocycles. The van der Waals surface area contributed by atoms with Crippen molar-refractivity contribution >= 4 is 0 Å². The molecule has 24 heavy (non-hydrogen) atoms. The minimum absolute atomic E-state index is 0.259. The summed E-state index contributed by atoms with van der Waals surface area (Å²) in [5.41, 5.74) is 1.66. The third-order valence-corrected chi connectivity index (χ3v) is 5.29. The lowest BCUT2D eigenvalue weighted by atomic mass is 9.82. The van der Waals surface area contributed by atoms with Crippen molar-refractivity contribution in [1.82, 2.24) is 0 Å². The summed E-state index contributed by atoms with van der Waals surface area (Å²) >= 11 is 0. The van der Waals surface area contributed by atoms with Crippen LogP contribution in [0.3, 0.4) is 0 Å². The highest BCUT2D eigenvalue weighted by molar-refractivity contribution is 5.31. The van der Waals surface area contributed by atoms with Crippen LogP contribution in [0.25, 0.3) is 0 Å². The fourth-order valence-corrected chi connectivity index (χ4v) is 2.99. The molecule has 0 aromatic heterocycles. The Balaban J connectivity index is 2.03. The first-order valence-corrected chi connectivity index (χ1v) is 10.3. The number of hydrogen-bond donors (Lipinski definition) is 0. The molecule has 0 amide bonds. The molecule has 0 bridgehead atoms. The smallest absolute Gasteiger partial charge is 0.119 e. The Hall–Kier alpha value is -0.980. The van der Waals surface area contributed by atoms with Gasteiger partial charge in [-0.25, -0.2) is 0 Å². The number of unbranched alkanes of at least 4 members (excludes halogenated alkanes) is 9. The lowest BCUT2D eigenvalue weighted by Crippen LogP contribution is -2.15. The van der Waals surface area contributed by atoms with E-state index in [1.54, 1.807) is 0 Å². The van der Waals surface area contributed by atoms with Crippen molar-refractivity contribution in [1.29, 1.82) is 0 Å². The predicted octanol–water partition coefficient (Wildman–Crippen LogP) is 7.67. The Bertz CT molecular complexity index is 405. The molecule has 1 aromatic carbocycles. The summed E-state index contributed by atoms with van der Waals surface area (Å²) in [4.78, 5) is 0.